The molecule has 0 aliphatic carbocycles. The second kappa shape index (κ2) is 8.05. The van der Waals surface area contributed by atoms with Gasteiger partial charge in [-0.3, -0.25) is 4.90 Å². The maximum absolute atomic E-state index is 9.37. The molecule has 8 heteroatoms. The molecule has 30 heavy (non-hydrogen) atoms. The van der Waals surface area contributed by atoms with Crippen molar-refractivity contribution in [2.45, 2.75) is 31.3 Å². The number of nitriles is 1. The molecular weight excluding hydrogens is 400 g/mol. The highest BCUT2D eigenvalue weighted by atomic mass is 35.5. The molecule has 0 bridgehead atoms. The number of piperidine rings is 1. The fraction of sp³-hybridized carbons (Fsp3) is 0.364. The van der Waals surface area contributed by atoms with Crippen LogP contribution in [0.1, 0.15) is 36.8 Å². The lowest BCUT2D eigenvalue weighted by Gasteiger charge is -2.47. The lowest BCUT2D eigenvalue weighted by molar-refractivity contribution is 0.0558. The number of hydrogen-bond acceptors (Lipinski definition) is 7. The van der Waals surface area contributed by atoms with Crippen LogP contribution in [0, 0.1) is 11.3 Å². The predicted molar refractivity (Wildman–Crippen MR) is 113 cm³/mol. The first-order valence-corrected chi connectivity index (χ1v) is 10.5. The molecule has 2 aromatic heterocycles. The Balaban J connectivity index is 1.35. The highest BCUT2D eigenvalue weighted by molar-refractivity contribution is 6.30. The summed E-state index contributed by atoms with van der Waals surface area (Å²) in [6.45, 7) is 2.51. The van der Waals surface area contributed by atoms with Gasteiger partial charge in [-0.15, -0.1) is 0 Å². The van der Waals surface area contributed by atoms with Gasteiger partial charge in [-0.2, -0.15) is 5.26 Å². The van der Waals surface area contributed by atoms with Gasteiger partial charge < -0.3 is 9.42 Å². The number of rotatable bonds is 3. The summed E-state index contributed by atoms with van der Waals surface area (Å²) in [5.74, 6) is 1.59. The predicted octanol–water partition coefficient (Wildman–Crippen LogP) is 4.07. The smallest absolute Gasteiger partial charge is 0.183 e. The highest BCUT2D eigenvalue weighted by Crippen LogP contribution is 2.38. The first kappa shape index (κ1) is 19.0. The van der Waals surface area contributed by atoms with Crippen molar-refractivity contribution in [3.05, 3.63) is 59.2 Å². The zero-order valence-electron chi connectivity index (χ0n) is 16.4. The second-order valence-corrected chi connectivity index (χ2v) is 8.19. The SMILES string of the molecule is N#Cc1nccnc1N1CCN2[C@@H](CCC[C@@H]2c2cc(-c3cccc(Cl)c3)no2)C1. The van der Waals surface area contributed by atoms with E-state index < -0.39 is 0 Å². The van der Waals surface area contributed by atoms with Gasteiger partial charge in [0.15, 0.2) is 17.3 Å². The van der Waals surface area contributed by atoms with Crippen LogP contribution < -0.4 is 4.90 Å². The minimum atomic E-state index is 0.212. The summed E-state index contributed by atoms with van der Waals surface area (Å²) in [6.07, 6.45) is 6.51. The van der Waals surface area contributed by atoms with Crippen LogP contribution in [0.4, 0.5) is 5.82 Å². The molecule has 4 heterocycles. The summed E-state index contributed by atoms with van der Waals surface area (Å²) in [6, 6.07) is 12.5. The van der Waals surface area contributed by atoms with Crippen LogP contribution in [0.15, 0.2) is 47.2 Å². The molecule has 2 aliphatic heterocycles. The van der Waals surface area contributed by atoms with Gasteiger partial charge in [0.2, 0.25) is 0 Å². The molecule has 1 aromatic carbocycles. The quantitative estimate of drug-likeness (QED) is 0.631. The van der Waals surface area contributed by atoms with Crippen molar-refractivity contribution in [1.82, 2.24) is 20.0 Å². The Bertz CT molecular complexity index is 1090. The van der Waals surface area contributed by atoms with E-state index in [4.69, 9.17) is 16.1 Å². The van der Waals surface area contributed by atoms with E-state index in [1.165, 1.54) is 0 Å². The first-order chi connectivity index (χ1) is 14.7. The largest absolute Gasteiger partial charge is 0.359 e. The Labute approximate surface area is 179 Å². The summed E-state index contributed by atoms with van der Waals surface area (Å²) in [4.78, 5) is 13.3. The van der Waals surface area contributed by atoms with E-state index in [2.05, 4.69) is 31.0 Å². The zero-order chi connectivity index (χ0) is 20.5. The number of halogens is 1. The number of anilines is 1. The molecule has 152 valence electrons. The minimum absolute atomic E-state index is 0.212. The van der Waals surface area contributed by atoms with E-state index in [1.54, 1.807) is 12.4 Å². The van der Waals surface area contributed by atoms with Gasteiger partial charge in [-0.05, 0) is 31.4 Å². The molecule has 2 saturated heterocycles. The number of nitrogens with zero attached hydrogens (tertiary/aromatic N) is 6. The van der Waals surface area contributed by atoms with Crippen molar-refractivity contribution in [3.8, 4) is 17.3 Å². The number of piperazine rings is 1. The standard InChI is InChI=1S/C22H21ClN6O/c23-16-4-1-3-15(11-16)18-12-21(30-27-18)20-6-2-5-17-14-28(9-10-29(17)20)22-19(13-24)25-7-8-26-22/h1,3-4,7-8,11-12,17,20H,2,5-6,9-10,14H2/t17-,20+/m0/s1. The second-order valence-electron chi connectivity index (χ2n) is 7.75. The van der Waals surface area contributed by atoms with Crippen LogP contribution in [0.3, 0.4) is 0 Å². The van der Waals surface area contributed by atoms with E-state index in [0.717, 1.165) is 55.9 Å². The summed E-state index contributed by atoms with van der Waals surface area (Å²) < 4.78 is 5.78. The van der Waals surface area contributed by atoms with Gasteiger partial charge in [-0.1, -0.05) is 28.9 Å². The molecule has 0 spiro atoms. The topological polar surface area (TPSA) is 82.1 Å². The molecule has 0 N–H and O–H groups in total. The summed E-state index contributed by atoms with van der Waals surface area (Å²) in [5.41, 5.74) is 2.16. The van der Waals surface area contributed by atoms with Crippen molar-refractivity contribution in [2.75, 3.05) is 24.5 Å². The van der Waals surface area contributed by atoms with E-state index in [1.807, 2.05) is 30.3 Å². The minimum Gasteiger partial charge on any atom is -0.359 e. The third kappa shape index (κ3) is 3.53. The van der Waals surface area contributed by atoms with E-state index in [-0.39, 0.29) is 6.04 Å². The maximum Gasteiger partial charge on any atom is 0.183 e. The van der Waals surface area contributed by atoms with Crippen molar-refractivity contribution in [1.29, 1.82) is 5.26 Å². The third-order valence-corrected chi connectivity index (χ3v) is 6.24. The number of fused-ring (bicyclic) bond motifs is 1. The average Bonchev–Trinajstić information content (AvgIpc) is 3.28. The molecule has 0 unspecified atom stereocenters. The molecule has 2 atom stereocenters. The highest BCUT2D eigenvalue weighted by Gasteiger charge is 2.38. The number of hydrogen-bond donors (Lipinski definition) is 0. The fourth-order valence-electron chi connectivity index (χ4n) is 4.62. The Morgan fingerprint density at radius 3 is 2.90 bits per heavy atom. The van der Waals surface area contributed by atoms with E-state index >= 15 is 0 Å². The molecule has 7 nitrogen and oxygen atoms in total. The van der Waals surface area contributed by atoms with Crippen molar-refractivity contribution in [3.63, 3.8) is 0 Å². The molecule has 0 saturated carbocycles. The molecule has 2 fully saturated rings. The zero-order valence-corrected chi connectivity index (χ0v) is 17.2. The molecule has 0 radical (unpaired) electrons. The van der Waals surface area contributed by atoms with E-state index in [0.29, 0.717) is 22.6 Å². The maximum atomic E-state index is 9.37. The molecule has 3 aromatic rings. The van der Waals surface area contributed by atoms with E-state index in [9.17, 15) is 5.26 Å². The Hall–Kier alpha value is -2.95. The lowest BCUT2D eigenvalue weighted by atomic mass is 9.91. The number of aromatic nitrogens is 3. The normalized spacial score (nSPS) is 21.8. The fourth-order valence-corrected chi connectivity index (χ4v) is 4.81. The van der Waals surface area contributed by atoms with Gasteiger partial charge in [-0.25, -0.2) is 9.97 Å². The van der Waals surface area contributed by atoms with Gasteiger partial charge >= 0.3 is 0 Å². The Kier molecular flexibility index (Phi) is 5.11. The molecule has 2 aliphatic rings. The van der Waals surface area contributed by atoms with Gasteiger partial charge in [0.05, 0.1) is 6.04 Å². The Morgan fingerprint density at radius 1 is 1.13 bits per heavy atom. The molecular formula is C22H21ClN6O. The van der Waals surface area contributed by atoms with Gasteiger partial charge in [0.1, 0.15) is 11.8 Å². The first-order valence-electron chi connectivity index (χ1n) is 10.2. The monoisotopic (exact) mass is 420 g/mol. The van der Waals surface area contributed by atoms with Crippen molar-refractivity contribution < 1.29 is 4.52 Å². The van der Waals surface area contributed by atoms with Crippen LogP contribution in [0.25, 0.3) is 11.3 Å². The lowest BCUT2D eigenvalue weighted by Crippen LogP contribution is -2.56. The van der Waals surface area contributed by atoms with Crippen LogP contribution >= 0.6 is 11.6 Å². The average molecular weight is 421 g/mol. The van der Waals surface area contributed by atoms with Crippen LogP contribution in [-0.2, 0) is 0 Å². The Morgan fingerprint density at radius 2 is 2.03 bits per heavy atom. The van der Waals surface area contributed by atoms with Crippen molar-refractivity contribution >= 4 is 17.4 Å². The molecule has 0 amide bonds. The summed E-state index contributed by atoms with van der Waals surface area (Å²) in [5, 5.41) is 14.4. The van der Waals surface area contributed by atoms with Gasteiger partial charge in [0, 0.05) is 54.7 Å². The van der Waals surface area contributed by atoms with Crippen LogP contribution in [0.2, 0.25) is 5.02 Å². The summed E-state index contributed by atoms with van der Waals surface area (Å²) >= 11 is 6.13. The van der Waals surface area contributed by atoms with Crippen LogP contribution in [0.5, 0.6) is 0 Å². The van der Waals surface area contributed by atoms with Crippen LogP contribution in [-0.4, -0.2) is 45.7 Å². The number of benzene rings is 1. The van der Waals surface area contributed by atoms with Crippen molar-refractivity contribution in [2.24, 2.45) is 0 Å². The summed E-state index contributed by atoms with van der Waals surface area (Å²) in [7, 11) is 0. The third-order valence-electron chi connectivity index (χ3n) is 6.01. The van der Waals surface area contributed by atoms with Gasteiger partial charge in [0.25, 0.3) is 0 Å². The molecule has 5 rings (SSSR count).